The number of hydrogen-bond donors (Lipinski definition) is 1. The molecule has 0 saturated carbocycles. The van der Waals surface area contributed by atoms with E-state index in [-0.39, 0.29) is 6.17 Å². The minimum Gasteiger partial charge on any atom is -0.359 e. The Bertz CT molecular complexity index is 3920. The maximum atomic E-state index is 3.78. The van der Waals surface area contributed by atoms with Crippen molar-refractivity contribution in [3.05, 3.63) is 248 Å². The van der Waals surface area contributed by atoms with E-state index in [1.54, 1.807) is 0 Å². The zero-order chi connectivity index (χ0) is 44.0. The number of rotatable bonds is 6. The first-order chi connectivity index (χ1) is 33.2. The third-order valence-electron chi connectivity index (χ3n) is 14.4. The second-order valence-electron chi connectivity index (χ2n) is 18.0. The Morgan fingerprint density at radius 1 is 0.284 bits per heavy atom. The molecule has 2 nitrogen and oxygen atoms in total. The summed E-state index contributed by atoms with van der Waals surface area (Å²) in [6.45, 7) is 0. The lowest BCUT2D eigenvalue weighted by Gasteiger charge is -2.27. The second kappa shape index (κ2) is 14.9. The van der Waals surface area contributed by atoms with Crippen LogP contribution in [0.25, 0.3) is 110 Å². The summed E-state index contributed by atoms with van der Waals surface area (Å²) in [5, 5.41) is 14.0. The van der Waals surface area contributed by atoms with Crippen LogP contribution in [0.1, 0.15) is 11.7 Å². The minimum absolute atomic E-state index is 0.00548. The summed E-state index contributed by atoms with van der Waals surface area (Å²) in [7, 11) is 0. The molecule has 14 rings (SSSR count). The van der Waals surface area contributed by atoms with Crippen LogP contribution in [0.4, 0.5) is 17.1 Å². The van der Waals surface area contributed by atoms with Crippen molar-refractivity contribution in [3.63, 3.8) is 0 Å². The van der Waals surface area contributed by atoms with Gasteiger partial charge in [0.05, 0.1) is 11.4 Å². The van der Waals surface area contributed by atoms with Crippen molar-refractivity contribution in [2.24, 2.45) is 0 Å². The SMILES string of the molecule is c1ccc(-c2ccc3c(c2)c(-c2ccccc2)cc2c4cc5c(cc4c(-c4ccccc4)cc32)-c2ccc(-c3ccc(N4c6ccccc6NC4c4ccccc4)cc3)c3cccc-5c23)cc1. The van der Waals surface area contributed by atoms with E-state index in [0.29, 0.717) is 0 Å². The number of anilines is 3. The molecular formula is C65H42N2. The van der Waals surface area contributed by atoms with Gasteiger partial charge in [0.15, 0.2) is 0 Å². The molecule has 1 heterocycles. The van der Waals surface area contributed by atoms with Crippen LogP contribution >= 0.6 is 0 Å². The maximum Gasteiger partial charge on any atom is 0.130 e. The molecule has 0 fully saturated rings. The Balaban J connectivity index is 0.950. The summed E-state index contributed by atoms with van der Waals surface area (Å²) in [6.07, 6.45) is 0.00548. The highest BCUT2D eigenvalue weighted by molar-refractivity contribution is 6.27. The van der Waals surface area contributed by atoms with E-state index in [0.717, 1.165) is 11.4 Å². The van der Waals surface area contributed by atoms with Crippen LogP contribution in [-0.2, 0) is 0 Å². The van der Waals surface area contributed by atoms with Crippen molar-refractivity contribution < 1.29 is 0 Å². The van der Waals surface area contributed by atoms with Crippen LogP contribution in [0, 0.1) is 0 Å². The predicted molar refractivity (Wildman–Crippen MR) is 284 cm³/mol. The van der Waals surface area contributed by atoms with Gasteiger partial charge in [-0.15, -0.1) is 0 Å². The molecule has 0 bridgehead atoms. The quantitative estimate of drug-likeness (QED) is 0.168. The van der Waals surface area contributed by atoms with Gasteiger partial charge in [0, 0.05) is 5.69 Å². The van der Waals surface area contributed by atoms with E-state index in [1.807, 2.05) is 0 Å². The number of fused-ring (bicyclic) bond motifs is 9. The average molecular weight is 851 g/mol. The highest BCUT2D eigenvalue weighted by Crippen LogP contribution is 2.53. The van der Waals surface area contributed by atoms with Crippen molar-refractivity contribution in [1.82, 2.24) is 0 Å². The van der Waals surface area contributed by atoms with Gasteiger partial charge in [-0.1, -0.05) is 188 Å². The number of nitrogens with one attached hydrogen (secondary N) is 1. The summed E-state index contributed by atoms with van der Waals surface area (Å²) in [4.78, 5) is 2.42. The molecule has 0 radical (unpaired) electrons. The Labute approximate surface area is 389 Å². The lowest BCUT2D eigenvalue weighted by atomic mass is 9.85. The topological polar surface area (TPSA) is 15.3 Å². The molecule has 12 aromatic rings. The van der Waals surface area contributed by atoms with E-state index in [2.05, 4.69) is 253 Å². The Kier molecular flexibility index (Phi) is 8.38. The van der Waals surface area contributed by atoms with Gasteiger partial charge in [0.25, 0.3) is 0 Å². The first-order valence-corrected chi connectivity index (χ1v) is 23.3. The monoisotopic (exact) mass is 850 g/mol. The predicted octanol–water partition coefficient (Wildman–Crippen LogP) is 17.9. The third kappa shape index (κ3) is 5.90. The molecule has 2 aliphatic rings. The Morgan fingerprint density at radius 3 is 1.49 bits per heavy atom. The van der Waals surface area contributed by atoms with Gasteiger partial charge < -0.3 is 10.2 Å². The molecule has 0 amide bonds. The van der Waals surface area contributed by atoms with E-state index >= 15 is 0 Å². The van der Waals surface area contributed by atoms with Crippen LogP contribution in [0.5, 0.6) is 0 Å². The van der Waals surface area contributed by atoms with Gasteiger partial charge >= 0.3 is 0 Å². The number of benzene rings is 12. The summed E-state index contributed by atoms with van der Waals surface area (Å²) in [5.41, 5.74) is 19.7. The number of para-hydroxylation sites is 2. The van der Waals surface area contributed by atoms with Crippen LogP contribution in [0.3, 0.4) is 0 Å². The molecule has 1 aliphatic heterocycles. The van der Waals surface area contributed by atoms with E-state index in [9.17, 15) is 0 Å². The number of hydrogen-bond acceptors (Lipinski definition) is 2. The lowest BCUT2D eigenvalue weighted by Crippen LogP contribution is -2.23. The first kappa shape index (κ1) is 37.6. The van der Waals surface area contributed by atoms with Crippen molar-refractivity contribution in [3.8, 4) is 66.8 Å². The fraction of sp³-hybridized carbons (Fsp3) is 0.0154. The molecule has 1 N–H and O–H groups in total. The smallest absolute Gasteiger partial charge is 0.130 e. The van der Waals surface area contributed by atoms with Crippen LogP contribution in [-0.4, -0.2) is 0 Å². The molecule has 12 aromatic carbocycles. The van der Waals surface area contributed by atoms with Gasteiger partial charge in [-0.3, -0.25) is 0 Å². The standard InChI is InChI=1S/C65H42N2/c1-5-16-41(17-6-1)46-30-33-49-55(36-46)53(42-18-7-2-8-19-42)38-60-56(49)37-54(43-20-9-3-10-21-43)59-39-58-52-35-34-48(50-24-15-25-51(64(50)52)57(58)40-61(59)60)44-28-31-47(32-29-44)67-63-27-14-13-26-62(63)66-65(67)45-22-11-4-12-23-45/h1-40,65-66H. The largest absolute Gasteiger partial charge is 0.359 e. The van der Waals surface area contributed by atoms with Crippen LogP contribution in [0.2, 0.25) is 0 Å². The zero-order valence-corrected chi connectivity index (χ0v) is 36.6. The minimum atomic E-state index is 0.00548. The molecule has 1 unspecified atom stereocenters. The summed E-state index contributed by atoms with van der Waals surface area (Å²) >= 11 is 0. The summed E-state index contributed by atoms with van der Waals surface area (Å²) < 4.78 is 0. The Hall–Kier alpha value is -8.72. The molecule has 67 heavy (non-hydrogen) atoms. The van der Waals surface area contributed by atoms with Crippen LogP contribution < -0.4 is 10.2 Å². The molecule has 0 saturated heterocycles. The van der Waals surface area contributed by atoms with Gasteiger partial charge in [0.2, 0.25) is 0 Å². The van der Waals surface area contributed by atoms with Gasteiger partial charge in [-0.25, -0.2) is 0 Å². The first-order valence-electron chi connectivity index (χ1n) is 23.3. The molecular weight excluding hydrogens is 809 g/mol. The van der Waals surface area contributed by atoms with E-state index < -0.39 is 0 Å². The molecule has 2 heteroatoms. The highest BCUT2D eigenvalue weighted by Gasteiger charge is 2.31. The third-order valence-corrected chi connectivity index (χ3v) is 14.4. The van der Waals surface area contributed by atoms with Crippen molar-refractivity contribution in [2.75, 3.05) is 10.2 Å². The van der Waals surface area contributed by atoms with Gasteiger partial charge in [-0.2, -0.15) is 0 Å². The Morgan fingerprint density at radius 2 is 0.791 bits per heavy atom. The molecule has 0 spiro atoms. The van der Waals surface area contributed by atoms with Gasteiger partial charge in [0.1, 0.15) is 6.17 Å². The molecule has 0 aromatic heterocycles. The molecule has 1 atom stereocenters. The second-order valence-corrected chi connectivity index (χ2v) is 18.0. The summed E-state index contributed by atoms with van der Waals surface area (Å²) in [6, 6.07) is 89.7. The van der Waals surface area contributed by atoms with Crippen LogP contribution in [0.15, 0.2) is 243 Å². The van der Waals surface area contributed by atoms with E-state index in [4.69, 9.17) is 0 Å². The molecule has 312 valence electrons. The average Bonchev–Trinajstić information content (AvgIpc) is 3.95. The van der Waals surface area contributed by atoms with Crippen molar-refractivity contribution >= 4 is 60.2 Å². The maximum absolute atomic E-state index is 3.78. The fourth-order valence-electron chi connectivity index (χ4n) is 11.3. The zero-order valence-electron chi connectivity index (χ0n) is 36.6. The van der Waals surface area contributed by atoms with E-state index in [1.165, 1.54) is 121 Å². The van der Waals surface area contributed by atoms with Gasteiger partial charge in [-0.05, 0) is 170 Å². The van der Waals surface area contributed by atoms with Crippen molar-refractivity contribution in [2.45, 2.75) is 6.17 Å². The normalized spacial score (nSPS) is 13.6. The summed E-state index contributed by atoms with van der Waals surface area (Å²) in [5.74, 6) is 0. The number of nitrogens with zero attached hydrogens (tertiary/aromatic N) is 1. The highest BCUT2D eigenvalue weighted by atomic mass is 15.3. The fourth-order valence-corrected chi connectivity index (χ4v) is 11.3. The molecule has 1 aliphatic carbocycles. The van der Waals surface area contributed by atoms with Crippen molar-refractivity contribution in [1.29, 1.82) is 0 Å². The lowest BCUT2D eigenvalue weighted by molar-refractivity contribution is 0.828.